The van der Waals surface area contributed by atoms with Crippen LogP contribution in [0.1, 0.15) is 16.7 Å². The number of rotatable bonds is 8. The van der Waals surface area contributed by atoms with Gasteiger partial charge in [0, 0.05) is 10.6 Å². The quantitative estimate of drug-likeness (QED) is 0.429. The van der Waals surface area contributed by atoms with Crippen LogP contribution in [0, 0.1) is 6.92 Å². The van der Waals surface area contributed by atoms with Crippen molar-refractivity contribution in [3.8, 4) is 5.75 Å². The SMILES string of the molecule is Cc1ccc(C(=CCSc2ccc(OCC(=O)O)cc2Cl)c2ccccc2)cc1. The summed E-state index contributed by atoms with van der Waals surface area (Å²) in [5.74, 6) is 0.170. The number of aliphatic carboxylic acids is 1. The molecule has 0 amide bonds. The first-order valence-corrected chi connectivity index (χ1v) is 10.5. The van der Waals surface area contributed by atoms with Crippen LogP contribution in [0.5, 0.6) is 5.75 Å². The van der Waals surface area contributed by atoms with Crippen LogP contribution in [0.4, 0.5) is 0 Å². The van der Waals surface area contributed by atoms with Crippen LogP contribution in [0.15, 0.2) is 83.8 Å². The Kier molecular flexibility index (Phi) is 7.39. The Labute approximate surface area is 180 Å². The molecule has 0 saturated heterocycles. The number of benzene rings is 3. The Morgan fingerprint density at radius 2 is 1.72 bits per heavy atom. The molecule has 0 aliphatic carbocycles. The summed E-state index contributed by atoms with van der Waals surface area (Å²) in [4.78, 5) is 11.5. The maximum atomic E-state index is 10.6. The minimum absolute atomic E-state index is 0.386. The lowest BCUT2D eigenvalue weighted by Gasteiger charge is -2.10. The molecule has 3 rings (SSSR count). The van der Waals surface area contributed by atoms with Gasteiger partial charge < -0.3 is 9.84 Å². The Hall–Kier alpha value is -2.69. The number of carbonyl (C=O) groups is 1. The number of aryl methyl sites for hydroxylation is 1. The van der Waals surface area contributed by atoms with Gasteiger partial charge in [0.15, 0.2) is 6.61 Å². The van der Waals surface area contributed by atoms with Crippen LogP contribution >= 0.6 is 23.4 Å². The van der Waals surface area contributed by atoms with Crippen molar-refractivity contribution in [3.05, 3.63) is 101 Å². The van der Waals surface area contributed by atoms with Crippen LogP contribution in [-0.4, -0.2) is 23.4 Å². The standard InChI is InChI=1S/C24H21ClO3S/c1-17-7-9-19(10-8-17)21(18-5-3-2-4-6-18)13-14-29-23-12-11-20(15-22(23)25)28-16-24(26)27/h2-13,15H,14,16H2,1H3,(H,26,27). The largest absolute Gasteiger partial charge is 0.482 e. The Bertz CT molecular complexity index is 998. The normalized spacial score (nSPS) is 11.3. The predicted molar refractivity (Wildman–Crippen MR) is 120 cm³/mol. The van der Waals surface area contributed by atoms with Crippen LogP contribution in [0.3, 0.4) is 0 Å². The van der Waals surface area contributed by atoms with Gasteiger partial charge in [0.2, 0.25) is 0 Å². The lowest BCUT2D eigenvalue weighted by Crippen LogP contribution is -2.09. The number of carboxylic acid groups (broad SMARTS) is 1. The topological polar surface area (TPSA) is 46.5 Å². The van der Waals surface area contributed by atoms with E-state index in [9.17, 15) is 4.79 Å². The van der Waals surface area contributed by atoms with Gasteiger partial charge in [-0.05, 0) is 41.8 Å². The molecule has 0 heterocycles. The summed E-state index contributed by atoms with van der Waals surface area (Å²) in [5, 5.41) is 9.25. The summed E-state index contributed by atoms with van der Waals surface area (Å²) in [7, 11) is 0. The minimum atomic E-state index is -1.02. The number of halogens is 1. The van der Waals surface area contributed by atoms with Gasteiger partial charge >= 0.3 is 5.97 Å². The molecule has 0 bridgehead atoms. The second kappa shape index (κ2) is 10.2. The van der Waals surface area contributed by atoms with Crippen molar-refractivity contribution in [2.24, 2.45) is 0 Å². The molecule has 5 heteroatoms. The molecule has 3 nitrogen and oxygen atoms in total. The van der Waals surface area contributed by atoms with Gasteiger partial charge in [0.25, 0.3) is 0 Å². The van der Waals surface area contributed by atoms with E-state index in [0.717, 1.165) is 10.6 Å². The summed E-state index contributed by atoms with van der Waals surface area (Å²) in [6.07, 6.45) is 2.20. The van der Waals surface area contributed by atoms with Gasteiger partial charge in [-0.3, -0.25) is 0 Å². The van der Waals surface area contributed by atoms with Crippen LogP contribution in [0.25, 0.3) is 5.57 Å². The van der Waals surface area contributed by atoms with E-state index in [1.807, 2.05) is 24.3 Å². The van der Waals surface area contributed by atoms with Gasteiger partial charge in [0.05, 0.1) is 5.02 Å². The molecule has 0 aliphatic rings. The first-order chi connectivity index (χ1) is 14.0. The van der Waals surface area contributed by atoms with E-state index in [0.29, 0.717) is 10.8 Å². The molecule has 0 radical (unpaired) electrons. The molecular weight excluding hydrogens is 404 g/mol. The zero-order valence-corrected chi connectivity index (χ0v) is 17.5. The van der Waals surface area contributed by atoms with E-state index >= 15 is 0 Å². The fourth-order valence-corrected chi connectivity index (χ4v) is 3.93. The Balaban J connectivity index is 1.76. The van der Waals surface area contributed by atoms with Crippen molar-refractivity contribution >= 4 is 34.9 Å². The molecule has 3 aromatic carbocycles. The number of hydrogen-bond donors (Lipinski definition) is 1. The third-order valence-electron chi connectivity index (χ3n) is 4.24. The second-order valence-corrected chi connectivity index (χ2v) is 7.90. The average molecular weight is 425 g/mol. The van der Waals surface area contributed by atoms with Gasteiger partial charge in [0.1, 0.15) is 5.75 Å². The maximum Gasteiger partial charge on any atom is 0.341 e. The highest BCUT2D eigenvalue weighted by molar-refractivity contribution is 7.99. The van der Waals surface area contributed by atoms with E-state index in [1.54, 1.807) is 23.9 Å². The van der Waals surface area contributed by atoms with Crippen molar-refractivity contribution in [2.75, 3.05) is 12.4 Å². The first-order valence-electron chi connectivity index (χ1n) is 9.12. The highest BCUT2D eigenvalue weighted by Crippen LogP contribution is 2.32. The van der Waals surface area contributed by atoms with Crippen LogP contribution in [-0.2, 0) is 4.79 Å². The van der Waals surface area contributed by atoms with Gasteiger partial charge in [-0.1, -0.05) is 77.8 Å². The van der Waals surface area contributed by atoms with Gasteiger partial charge in [-0.2, -0.15) is 0 Å². The van der Waals surface area contributed by atoms with Gasteiger partial charge in [-0.25, -0.2) is 4.79 Å². The van der Waals surface area contributed by atoms with Crippen molar-refractivity contribution in [3.63, 3.8) is 0 Å². The fraction of sp³-hybridized carbons (Fsp3) is 0.125. The molecule has 0 unspecified atom stereocenters. The van der Waals surface area contributed by atoms with Crippen LogP contribution < -0.4 is 4.74 Å². The molecule has 1 N–H and O–H groups in total. The lowest BCUT2D eigenvalue weighted by atomic mass is 9.97. The number of thioether (sulfide) groups is 1. The van der Waals surface area contributed by atoms with E-state index in [1.165, 1.54) is 22.3 Å². The Morgan fingerprint density at radius 1 is 1.03 bits per heavy atom. The molecule has 0 aliphatic heterocycles. The van der Waals surface area contributed by atoms with Crippen molar-refractivity contribution in [1.29, 1.82) is 0 Å². The summed E-state index contributed by atoms with van der Waals surface area (Å²) in [6, 6.07) is 24.1. The molecule has 0 saturated carbocycles. The van der Waals surface area contributed by atoms with Crippen molar-refractivity contribution < 1.29 is 14.6 Å². The maximum absolute atomic E-state index is 10.6. The summed E-state index contributed by atoms with van der Waals surface area (Å²) >= 11 is 7.96. The number of carboxylic acids is 1. The van der Waals surface area contributed by atoms with E-state index in [4.69, 9.17) is 21.4 Å². The van der Waals surface area contributed by atoms with Crippen LogP contribution in [0.2, 0.25) is 5.02 Å². The predicted octanol–water partition coefficient (Wildman–Crippen LogP) is 6.34. The molecular formula is C24H21ClO3S. The van der Waals surface area contributed by atoms with E-state index in [2.05, 4.69) is 49.4 Å². The zero-order valence-electron chi connectivity index (χ0n) is 16.0. The smallest absolute Gasteiger partial charge is 0.341 e. The zero-order chi connectivity index (χ0) is 20.6. The summed E-state index contributed by atoms with van der Waals surface area (Å²) in [5.41, 5.74) is 4.74. The second-order valence-electron chi connectivity index (χ2n) is 6.44. The highest BCUT2D eigenvalue weighted by atomic mass is 35.5. The molecule has 0 fully saturated rings. The van der Waals surface area contributed by atoms with E-state index in [-0.39, 0.29) is 6.61 Å². The van der Waals surface area contributed by atoms with E-state index < -0.39 is 5.97 Å². The molecule has 0 spiro atoms. The Morgan fingerprint density at radius 3 is 2.38 bits per heavy atom. The summed E-state index contributed by atoms with van der Waals surface area (Å²) in [6.45, 7) is 1.69. The minimum Gasteiger partial charge on any atom is -0.482 e. The molecule has 3 aromatic rings. The number of hydrogen-bond acceptors (Lipinski definition) is 3. The number of ether oxygens (including phenoxy) is 1. The third kappa shape index (κ3) is 6.14. The van der Waals surface area contributed by atoms with Gasteiger partial charge in [-0.15, -0.1) is 11.8 Å². The molecule has 148 valence electrons. The molecule has 0 atom stereocenters. The molecule has 0 aromatic heterocycles. The van der Waals surface area contributed by atoms with Crippen molar-refractivity contribution in [2.45, 2.75) is 11.8 Å². The lowest BCUT2D eigenvalue weighted by molar-refractivity contribution is -0.139. The fourth-order valence-electron chi connectivity index (χ4n) is 2.80. The highest BCUT2D eigenvalue weighted by Gasteiger charge is 2.07. The summed E-state index contributed by atoms with van der Waals surface area (Å²) < 4.78 is 5.17. The monoisotopic (exact) mass is 424 g/mol. The van der Waals surface area contributed by atoms with Crippen molar-refractivity contribution in [1.82, 2.24) is 0 Å². The first kappa shape index (κ1) is 21.0. The third-order valence-corrected chi connectivity index (χ3v) is 5.66. The molecule has 29 heavy (non-hydrogen) atoms. The average Bonchev–Trinajstić information content (AvgIpc) is 2.72.